The number of hydrogen-bond donors (Lipinski definition) is 1. The molecule has 0 aliphatic rings. The first-order valence-corrected chi connectivity index (χ1v) is 3.05. The van der Waals surface area contributed by atoms with Crippen LogP contribution < -0.4 is 10.7 Å². The van der Waals surface area contributed by atoms with E-state index in [1.807, 2.05) is 0 Å². The van der Waals surface area contributed by atoms with Crippen molar-refractivity contribution in [2.24, 2.45) is 5.90 Å². The van der Waals surface area contributed by atoms with Gasteiger partial charge in [0.2, 0.25) is 5.82 Å². The van der Waals surface area contributed by atoms with Crippen LogP contribution in [-0.2, 0) is 0 Å². The van der Waals surface area contributed by atoms with Gasteiger partial charge in [-0.3, -0.25) is 0 Å². The van der Waals surface area contributed by atoms with Gasteiger partial charge in [0.1, 0.15) is 0 Å². The molecule has 0 atom stereocenters. The number of benzene rings is 1. The summed E-state index contributed by atoms with van der Waals surface area (Å²) in [5.74, 6) is 1.91. The summed E-state index contributed by atoms with van der Waals surface area (Å²) in [5.41, 5.74) is 0. The fourth-order valence-electron chi connectivity index (χ4n) is 0.599. The number of nitrogens with two attached hydrogens (primary N) is 1. The second kappa shape index (κ2) is 3.02. The molecule has 0 radical (unpaired) electrons. The zero-order chi connectivity index (χ0) is 8.43. The van der Waals surface area contributed by atoms with Crippen LogP contribution in [0.2, 0.25) is 5.02 Å². The van der Waals surface area contributed by atoms with Crippen molar-refractivity contribution in [3.8, 4) is 5.75 Å². The molecule has 0 saturated carbocycles. The van der Waals surface area contributed by atoms with E-state index in [0.717, 1.165) is 12.1 Å². The van der Waals surface area contributed by atoms with Gasteiger partial charge in [0.25, 0.3) is 0 Å². The van der Waals surface area contributed by atoms with E-state index < -0.39 is 11.6 Å². The lowest BCUT2D eigenvalue weighted by Gasteiger charge is -2.00. The molecule has 11 heavy (non-hydrogen) atoms. The lowest BCUT2D eigenvalue weighted by Crippen LogP contribution is -2.04. The van der Waals surface area contributed by atoms with Crippen molar-refractivity contribution in [2.75, 3.05) is 0 Å². The molecule has 0 aliphatic carbocycles. The van der Waals surface area contributed by atoms with Gasteiger partial charge < -0.3 is 4.84 Å². The predicted octanol–water partition coefficient (Wildman–Crippen LogP) is 1.87. The Morgan fingerprint density at radius 2 is 1.91 bits per heavy atom. The van der Waals surface area contributed by atoms with Crippen LogP contribution in [0.5, 0.6) is 5.75 Å². The molecule has 1 aromatic rings. The quantitative estimate of drug-likeness (QED) is 0.528. The molecule has 0 unspecified atom stereocenters. The first-order chi connectivity index (χ1) is 5.16. The van der Waals surface area contributed by atoms with Gasteiger partial charge in [-0.25, -0.2) is 4.39 Å². The monoisotopic (exact) mass is 179 g/mol. The van der Waals surface area contributed by atoms with E-state index >= 15 is 0 Å². The Morgan fingerprint density at radius 3 is 2.45 bits per heavy atom. The minimum atomic E-state index is -1.18. The molecule has 60 valence electrons. The summed E-state index contributed by atoms with van der Waals surface area (Å²) in [4.78, 5) is 4.01. The Kier molecular flexibility index (Phi) is 2.26. The van der Waals surface area contributed by atoms with Crippen molar-refractivity contribution in [1.29, 1.82) is 0 Å². The molecular weight excluding hydrogens is 176 g/mol. The van der Waals surface area contributed by atoms with E-state index in [1.165, 1.54) is 0 Å². The zero-order valence-electron chi connectivity index (χ0n) is 5.27. The fraction of sp³-hybridized carbons (Fsp3) is 0. The Bertz CT molecular complexity index is 280. The molecular formula is C6H4ClF2NO. The molecule has 2 N–H and O–H groups in total. The first kappa shape index (κ1) is 8.23. The fourth-order valence-corrected chi connectivity index (χ4v) is 0.745. The van der Waals surface area contributed by atoms with Gasteiger partial charge in [-0.2, -0.15) is 10.3 Å². The molecule has 1 rings (SSSR count). The van der Waals surface area contributed by atoms with Gasteiger partial charge in [-0.05, 0) is 12.1 Å². The van der Waals surface area contributed by atoms with Gasteiger partial charge in [0.05, 0.1) is 5.02 Å². The van der Waals surface area contributed by atoms with Crippen LogP contribution in [0.15, 0.2) is 12.1 Å². The van der Waals surface area contributed by atoms with Gasteiger partial charge in [-0.15, -0.1) is 0 Å². The second-order valence-electron chi connectivity index (χ2n) is 1.79. The number of halogens is 3. The Labute approximate surface area is 66.5 Å². The molecule has 0 amide bonds. The van der Waals surface area contributed by atoms with Crippen LogP contribution in [0.1, 0.15) is 0 Å². The van der Waals surface area contributed by atoms with E-state index in [-0.39, 0.29) is 10.8 Å². The highest BCUT2D eigenvalue weighted by Gasteiger charge is 2.12. The van der Waals surface area contributed by atoms with Crippen molar-refractivity contribution in [3.05, 3.63) is 28.8 Å². The van der Waals surface area contributed by atoms with E-state index in [2.05, 4.69) is 10.7 Å². The second-order valence-corrected chi connectivity index (χ2v) is 2.20. The van der Waals surface area contributed by atoms with E-state index in [4.69, 9.17) is 11.6 Å². The first-order valence-electron chi connectivity index (χ1n) is 2.67. The maximum Gasteiger partial charge on any atom is 0.204 e. The van der Waals surface area contributed by atoms with Crippen LogP contribution >= 0.6 is 11.6 Å². The third kappa shape index (κ3) is 1.41. The molecule has 0 bridgehead atoms. The van der Waals surface area contributed by atoms with Gasteiger partial charge in [-0.1, -0.05) is 11.6 Å². The van der Waals surface area contributed by atoms with Crippen molar-refractivity contribution >= 4 is 11.6 Å². The molecule has 0 heterocycles. The third-order valence-electron chi connectivity index (χ3n) is 1.13. The topological polar surface area (TPSA) is 35.2 Å². The summed E-state index contributed by atoms with van der Waals surface area (Å²) in [7, 11) is 0. The van der Waals surface area contributed by atoms with Crippen LogP contribution in [0, 0.1) is 11.6 Å². The molecule has 0 saturated heterocycles. The summed E-state index contributed by atoms with van der Waals surface area (Å²) < 4.78 is 25.1. The minimum absolute atomic E-state index is 0.302. The SMILES string of the molecule is NOc1ccc(Cl)c(F)c1F. The summed E-state index contributed by atoms with van der Waals surface area (Å²) in [6.45, 7) is 0. The van der Waals surface area contributed by atoms with Crippen molar-refractivity contribution in [3.63, 3.8) is 0 Å². The average molecular weight is 180 g/mol. The highest BCUT2D eigenvalue weighted by atomic mass is 35.5. The van der Waals surface area contributed by atoms with E-state index in [1.54, 1.807) is 0 Å². The van der Waals surface area contributed by atoms with Crippen LogP contribution in [0.25, 0.3) is 0 Å². The van der Waals surface area contributed by atoms with Gasteiger partial charge >= 0.3 is 0 Å². The van der Waals surface area contributed by atoms with Crippen LogP contribution in [0.4, 0.5) is 8.78 Å². The third-order valence-corrected chi connectivity index (χ3v) is 1.42. The molecule has 2 nitrogen and oxygen atoms in total. The lowest BCUT2D eigenvalue weighted by molar-refractivity contribution is 0.308. The average Bonchev–Trinajstić information content (AvgIpc) is 2.01. The molecule has 1 aromatic carbocycles. The van der Waals surface area contributed by atoms with Crippen LogP contribution in [0.3, 0.4) is 0 Å². The Balaban J connectivity index is 3.25. The maximum absolute atomic E-state index is 12.6. The lowest BCUT2D eigenvalue weighted by atomic mass is 10.3. The number of rotatable bonds is 1. The van der Waals surface area contributed by atoms with Crippen molar-refractivity contribution < 1.29 is 13.6 Å². The standard InChI is InChI=1S/C6H4ClF2NO/c7-3-1-2-4(11-10)6(9)5(3)8/h1-2H,10H2. The molecule has 0 aliphatic heterocycles. The van der Waals surface area contributed by atoms with E-state index in [0.29, 0.717) is 0 Å². The highest BCUT2D eigenvalue weighted by molar-refractivity contribution is 6.30. The number of hydrogen-bond acceptors (Lipinski definition) is 2. The maximum atomic E-state index is 12.6. The van der Waals surface area contributed by atoms with Gasteiger partial charge in [0, 0.05) is 0 Å². The summed E-state index contributed by atoms with van der Waals surface area (Å²) >= 11 is 5.23. The minimum Gasteiger partial charge on any atom is -0.408 e. The largest absolute Gasteiger partial charge is 0.408 e. The van der Waals surface area contributed by atoms with Crippen molar-refractivity contribution in [2.45, 2.75) is 0 Å². The molecule has 0 spiro atoms. The van der Waals surface area contributed by atoms with Crippen molar-refractivity contribution in [1.82, 2.24) is 0 Å². The Hall–Kier alpha value is -0.870. The molecule has 5 heteroatoms. The molecule has 0 aromatic heterocycles. The molecule has 0 fully saturated rings. The smallest absolute Gasteiger partial charge is 0.204 e. The van der Waals surface area contributed by atoms with Crippen LogP contribution in [-0.4, -0.2) is 0 Å². The Morgan fingerprint density at radius 1 is 1.27 bits per heavy atom. The zero-order valence-corrected chi connectivity index (χ0v) is 6.03. The predicted molar refractivity (Wildman–Crippen MR) is 36.2 cm³/mol. The normalized spacial score (nSPS) is 9.82. The summed E-state index contributed by atoms with van der Waals surface area (Å²) in [5, 5.41) is -0.302. The highest BCUT2D eigenvalue weighted by Crippen LogP contribution is 2.24. The van der Waals surface area contributed by atoms with Gasteiger partial charge in [0.15, 0.2) is 11.6 Å². The summed E-state index contributed by atoms with van der Waals surface area (Å²) in [6, 6.07) is 2.29. The van der Waals surface area contributed by atoms with E-state index in [9.17, 15) is 8.78 Å². The summed E-state index contributed by atoms with van der Waals surface area (Å²) in [6.07, 6.45) is 0.